The van der Waals surface area contributed by atoms with Gasteiger partial charge in [-0.15, -0.1) is 0 Å². The van der Waals surface area contributed by atoms with Crippen LogP contribution in [0.1, 0.15) is 40.3 Å². The molecule has 0 unspecified atom stereocenters. The monoisotopic (exact) mass is 719 g/mol. The molecular formula is C43H43ClFN3O4. The molecule has 0 N–H and O–H groups in total. The number of pyridine rings is 1. The van der Waals surface area contributed by atoms with Crippen LogP contribution in [0.25, 0.3) is 6.08 Å². The summed E-state index contributed by atoms with van der Waals surface area (Å²) in [6.07, 6.45) is 5.81. The lowest BCUT2D eigenvalue weighted by Crippen LogP contribution is -2.52. The second-order valence-electron chi connectivity index (χ2n) is 13.2. The van der Waals surface area contributed by atoms with Gasteiger partial charge in [0, 0.05) is 50.8 Å². The maximum absolute atomic E-state index is 13.2. The Morgan fingerprint density at radius 3 is 2.29 bits per heavy atom. The normalized spacial score (nSPS) is 14.8. The molecule has 4 aromatic carbocycles. The van der Waals surface area contributed by atoms with Gasteiger partial charge >= 0.3 is 0 Å². The Balaban J connectivity index is 0.952. The zero-order valence-corrected chi connectivity index (χ0v) is 30.5. The molecule has 2 heterocycles. The highest BCUT2D eigenvalue weighted by molar-refractivity contribution is 6.32. The molecule has 1 aliphatic rings. The topological polar surface area (TPSA) is 64.1 Å². The Morgan fingerprint density at radius 1 is 0.885 bits per heavy atom. The molecule has 52 heavy (non-hydrogen) atoms. The molecule has 1 saturated heterocycles. The molecule has 268 valence electrons. The van der Waals surface area contributed by atoms with Gasteiger partial charge < -0.3 is 19.1 Å². The zero-order valence-electron chi connectivity index (χ0n) is 29.7. The van der Waals surface area contributed by atoms with Crippen LogP contribution in [0.3, 0.4) is 0 Å². The van der Waals surface area contributed by atoms with Crippen LogP contribution >= 0.6 is 11.6 Å². The van der Waals surface area contributed by atoms with E-state index < -0.39 is 0 Å². The van der Waals surface area contributed by atoms with Gasteiger partial charge in [0.1, 0.15) is 23.9 Å². The molecule has 0 aliphatic carbocycles. The number of carbonyl (C=O) groups is 1. The Morgan fingerprint density at radius 2 is 1.60 bits per heavy atom. The largest absolute Gasteiger partial charge is 0.493 e. The summed E-state index contributed by atoms with van der Waals surface area (Å²) in [4.78, 5) is 21.9. The molecule has 1 fully saturated rings. The number of nitrogens with zero attached hydrogens (tertiary/aromatic N) is 3. The van der Waals surface area contributed by atoms with Gasteiger partial charge in [-0.25, -0.2) is 9.37 Å². The second kappa shape index (κ2) is 17.4. The summed E-state index contributed by atoms with van der Waals surface area (Å²) in [5.74, 6) is 1.93. The predicted molar refractivity (Wildman–Crippen MR) is 204 cm³/mol. The highest BCUT2D eigenvalue weighted by Crippen LogP contribution is 2.34. The lowest BCUT2D eigenvalue weighted by Gasteiger charge is -2.39. The van der Waals surface area contributed by atoms with Crippen LogP contribution in [0, 0.1) is 19.7 Å². The minimum Gasteiger partial charge on any atom is -0.493 e. The molecule has 1 atom stereocenters. The summed E-state index contributed by atoms with van der Waals surface area (Å²) in [5, 5.41) is 0.433. The Kier molecular flexibility index (Phi) is 12.2. The van der Waals surface area contributed by atoms with Crippen molar-refractivity contribution in [1.29, 1.82) is 0 Å². The number of ether oxygens (including phenoxy) is 3. The molecule has 7 nitrogen and oxygen atoms in total. The first-order valence-corrected chi connectivity index (χ1v) is 17.9. The number of amides is 1. The van der Waals surface area contributed by atoms with Gasteiger partial charge in [0.2, 0.25) is 11.8 Å². The first kappa shape index (κ1) is 36.6. The van der Waals surface area contributed by atoms with Gasteiger partial charge in [-0.1, -0.05) is 65.7 Å². The number of carbonyl (C=O) groups excluding carboxylic acids is 1. The summed E-state index contributed by atoms with van der Waals surface area (Å²) in [6.45, 7) is 10.0. The molecule has 0 spiro atoms. The molecule has 1 aliphatic heterocycles. The van der Waals surface area contributed by atoms with E-state index in [2.05, 4.69) is 60.1 Å². The Bertz CT molecular complexity index is 1940. The smallest absolute Gasteiger partial charge is 0.246 e. The number of aryl methyl sites for hydroxylation is 2. The lowest BCUT2D eigenvalue weighted by atomic mass is 10.1. The number of hydrogen-bond donors (Lipinski definition) is 0. The van der Waals surface area contributed by atoms with E-state index in [-0.39, 0.29) is 17.8 Å². The maximum Gasteiger partial charge on any atom is 0.246 e. The summed E-state index contributed by atoms with van der Waals surface area (Å²) in [5.41, 5.74) is 6.34. The van der Waals surface area contributed by atoms with E-state index in [1.807, 2.05) is 36.1 Å². The third-order valence-corrected chi connectivity index (χ3v) is 9.35. The fourth-order valence-corrected chi connectivity index (χ4v) is 6.33. The van der Waals surface area contributed by atoms with Crippen LogP contribution < -0.4 is 14.2 Å². The maximum atomic E-state index is 13.2. The van der Waals surface area contributed by atoms with Gasteiger partial charge in [0.05, 0.1) is 17.8 Å². The fraction of sp³-hybridized carbons (Fsp3) is 0.256. The summed E-state index contributed by atoms with van der Waals surface area (Å²) in [7, 11) is 0. The molecule has 1 amide bonds. The third kappa shape index (κ3) is 10.2. The van der Waals surface area contributed by atoms with E-state index in [0.717, 1.165) is 36.2 Å². The van der Waals surface area contributed by atoms with Gasteiger partial charge in [-0.05, 0) is 97.1 Å². The van der Waals surface area contributed by atoms with Crippen molar-refractivity contribution in [2.75, 3.05) is 26.2 Å². The van der Waals surface area contributed by atoms with Gasteiger partial charge in [0.25, 0.3) is 0 Å². The van der Waals surface area contributed by atoms with Gasteiger partial charge in [0.15, 0.2) is 5.75 Å². The number of rotatable bonds is 13. The van der Waals surface area contributed by atoms with Crippen molar-refractivity contribution in [3.63, 3.8) is 0 Å². The van der Waals surface area contributed by atoms with E-state index >= 15 is 0 Å². The average Bonchev–Trinajstić information content (AvgIpc) is 3.14. The zero-order chi connectivity index (χ0) is 36.5. The SMILES string of the molecule is Cc1ccc(COc2ccc(Oc3c(C)cc(C=CC(=O)N4CCN(Cc5ccc(CCOc6ccc(F)cc6)cc5)[C@@H](C)C4)cc3Cl)nc2)cc1. The molecule has 6 rings (SSSR count). The van der Waals surface area contributed by atoms with Crippen LogP contribution in [-0.2, 0) is 24.4 Å². The first-order chi connectivity index (χ1) is 25.2. The van der Waals surface area contributed by atoms with Crippen LogP contribution in [-0.4, -0.2) is 53.0 Å². The minimum atomic E-state index is -0.272. The van der Waals surface area contributed by atoms with E-state index in [0.29, 0.717) is 54.5 Å². The van der Waals surface area contributed by atoms with Gasteiger partial charge in [-0.3, -0.25) is 9.69 Å². The number of hydrogen-bond acceptors (Lipinski definition) is 6. The van der Waals surface area contributed by atoms with Crippen LogP contribution in [0.15, 0.2) is 109 Å². The molecular weight excluding hydrogens is 677 g/mol. The summed E-state index contributed by atoms with van der Waals surface area (Å²) in [6, 6.07) is 30.4. The van der Waals surface area contributed by atoms with Crippen molar-refractivity contribution in [2.45, 2.75) is 46.4 Å². The second-order valence-corrected chi connectivity index (χ2v) is 13.6. The summed E-state index contributed by atoms with van der Waals surface area (Å²) < 4.78 is 30.7. The molecule has 9 heteroatoms. The minimum absolute atomic E-state index is 0.0262. The Labute approximate surface area is 310 Å². The van der Waals surface area contributed by atoms with Crippen molar-refractivity contribution < 1.29 is 23.4 Å². The van der Waals surface area contributed by atoms with Crippen LogP contribution in [0.4, 0.5) is 4.39 Å². The van der Waals surface area contributed by atoms with Crippen LogP contribution in [0.5, 0.6) is 23.1 Å². The fourth-order valence-electron chi connectivity index (χ4n) is 6.02. The van der Waals surface area contributed by atoms with E-state index in [9.17, 15) is 9.18 Å². The number of aromatic nitrogens is 1. The van der Waals surface area contributed by atoms with Crippen molar-refractivity contribution in [3.05, 3.63) is 154 Å². The highest BCUT2D eigenvalue weighted by Gasteiger charge is 2.25. The van der Waals surface area contributed by atoms with Gasteiger partial charge in [-0.2, -0.15) is 0 Å². The number of benzene rings is 4. The molecule has 1 aromatic heterocycles. The first-order valence-electron chi connectivity index (χ1n) is 17.5. The van der Waals surface area contributed by atoms with Crippen LogP contribution in [0.2, 0.25) is 5.02 Å². The molecule has 0 bridgehead atoms. The van der Waals surface area contributed by atoms with Crippen molar-refractivity contribution in [2.24, 2.45) is 0 Å². The quantitative estimate of drug-likeness (QED) is 0.113. The predicted octanol–water partition coefficient (Wildman–Crippen LogP) is 9.23. The van der Waals surface area contributed by atoms with Crippen molar-refractivity contribution in [1.82, 2.24) is 14.8 Å². The lowest BCUT2D eigenvalue weighted by molar-refractivity contribution is -0.128. The van der Waals surface area contributed by atoms with Crippen molar-refractivity contribution in [3.8, 4) is 23.1 Å². The van der Waals surface area contributed by atoms with E-state index in [1.165, 1.54) is 28.8 Å². The van der Waals surface area contributed by atoms with Crippen molar-refractivity contribution >= 4 is 23.6 Å². The third-order valence-electron chi connectivity index (χ3n) is 9.07. The molecule has 0 radical (unpaired) electrons. The Hall–Kier alpha value is -5.18. The number of piperazine rings is 1. The number of halogens is 2. The average molecular weight is 720 g/mol. The molecule has 0 saturated carbocycles. The molecule has 5 aromatic rings. The summed E-state index contributed by atoms with van der Waals surface area (Å²) >= 11 is 6.64. The standard InChI is InChI=1S/C43H43ClFN3O4/c1-30-4-6-35(7-5-30)29-51-39-17-18-41(46-26-39)52-43-31(2)24-36(25-40(43)44)12-19-42(49)48-22-21-47(32(3)27-48)28-34-10-8-33(9-11-34)20-23-50-38-15-13-37(45)14-16-38/h4-19,24-26,32H,20-23,27-29H2,1-3H3/t32-/m0/s1. The highest BCUT2D eigenvalue weighted by atomic mass is 35.5. The van der Waals surface area contributed by atoms with E-state index in [4.69, 9.17) is 25.8 Å². The van der Waals surface area contributed by atoms with E-state index in [1.54, 1.807) is 42.6 Å².